The normalized spacial score (nSPS) is 22.1. The van der Waals surface area contributed by atoms with E-state index in [2.05, 4.69) is 22.0 Å². The van der Waals surface area contributed by atoms with E-state index in [0.29, 0.717) is 11.3 Å². The van der Waals surface area contributed by atoms with Crippen molar-refractivity contribution in [2.45, 2.75) is 36.2 Å². The number of carbonyl (C=O) groups excluding carboxylic acids is 2. The number of thiazole rings is 1. The van der Waals surface area contributed by atoms with E-state index in [-0.39, 0.29) is 35.2 Å². The number of hydrogen-bond acceptors (Lipinski definition) is 15. The summed E-state index contributed by atoms with van der Waals surface area (Å²) in [6.07, 6.45) is -4.44. The number of carbonyl (C=O) groups is 3. The summed E-state index contributed by atoms with van der Waals surface area (Å²) in [5, 5.41) is 70.2. The number of amides is 1. The Labute approximate surface area is 231 Å². The number of Topliss-reactive ketones (excluding diaryl/α,β-unsaturated/α-hetero) is 1. The van der Waals surface area contributed by atoms with Gasteiger partial charge in [0.15, 0.2) is 16.6 Å². The molecule has 2 aliphatic rings. The second-order valence-corrected chi connectivity index (χ2v) is 10.4. The van der Waals surface area contributed by atoms with Gasteiger partial charge in [0.2, 0.25) is 5.91 Å². The number of aliphatic hydroxyl groups excluding tert-OH is 5. The van der Waals surface area contributed by atoms with Gasteiger partial charge in [-0.1, -0.05) is 17.8 Å². The third kappa shape index (κ3) is 7.40. The van der Waals surface area contributed by atoms with E-state index in [9.17, 15) is 24.6 Å². The van der Waals surface area contributed by atoms with Crippen molar-refractivity contribution >= 4 is 51.6 Å². The van der Waals surface area contributed by atoms with E-state index in [0.717, 1.165) is 11.3 Å². The molecule has 1 fully saturated rings. The van der Waals surface area contributed by atoms with Crippen LogP contribution in [0.2, 0.25) is 0 Å². The van der Waals surface area contributed by atoms with Gasteiger partial charge in [-0.3, -0.25) is 14.5 Å². The Balaban J connectivity index is 0.000000349. The lowest BCUT2D eigenvalue weighted by Crippen LogP contribution is -2.62. The number of ketones is 1. The lowest BCUT2D eigenvalue weighted by molar-refractivity contribution is -0.153. The number of aliphatic hydroxyl groups is 5. The molecule has 0 aliphatic carbocycles. The van der Waals surface area contributed by atoms with Crippen LogP contribution in [0.4, 0.5) is 5.13 Å². The van der Waals surface area contributed by atoms with Crippen molar-refractivity contribution in [3.8, 4) is 0 Å². The highest BCUT2D eigenvalue weighted by Crippen LogP contribution is 2.45. The molecule has 1 saturated heterocycles. The number of aromatic nitrogens is 1. The van der Waals surface area contributed by atoms with Gasteiger partial charge in [-0.15, -0.1) is 23.1 Å². The summed E-state index contributed by atoms with van der Waals surface area (Å²) in [6, 6.07) is 0. The number of thioether (sulfide) groups is 1. The zero-order valence-corrected chi connectivity index (χ0v) is 22.4. The van der Waals surface area contributed by atoms with Crippen molar-refractivity contribution in [3.63, 3.8) is 0 Å². The molecule has 3 heterocycles. The minimum absolute atomic E-state index is 0.0936. The van der Waals surface area contributed by atoms with Crippen LogP contribution in [0.25, 0.3) is 0 Å². The van der Waals surface area contributed by atoms with Crippen LogP contribution in [0.5, 0.6) is 0 Å². The maximum atomic E-state index is 12.5. The number of nitrogens with one attached hydrogen (secondary N) is 1. The van der Waals surface area contributed by atoms with Gasteiger partial charge in [0.1, 0.15) is 29.7 Å². The molecule has 10 N–H and O–H groups in total. The van der Waals surface area contributed by atoms with Crippen molar-refractivity contribution in [2.24, 2.45) is 11.1 Å². The second-order valence-electron chi connectivity index (χ2n) is 8.40. The van der Waals surface area contributed by atoms with Gasteiger partial charge >= 0.3 is 5.97 Å². The molecule has 1 aromatic rings. The Kier molecular flexibility index (Phi) is 12.0. The monoisotopic (exact) mass is 589 g/mol. The van der Waals surface area contributed by atoms with E-state index in [4.69, 9.17) is 31.4 Å². The number of rotatable bonds is 12. The molecule has 1 amide bonds. The van der Waals surface area contributed by atoms with Crippen molar-refractivity contribution in [3.05, 3.63) is 35.0 Å². The summed E-state index contributed by atoms with van der Waals surface area (Å²) < 4.78 is 0. The minimum Gasteiger partial charge on any atom is -0.477 e. The number of oxime groups is 1. The third-order valence-electron chi connectivity index (χ3n) is 5.83. The molecule has 1 aromatic heterocycles. The zero-order valence-electron chi connectivity index (χ0n) is 20.7. The number of carboxylic acid groups (broad SMARTS) is 1. The van der Waals surface area contributed by atoms with Crippen LogP contribution in [0.1, 0.15) is 12.1 Å². The van der Waals surface area contributed by atoms with Crippen LogP contribution < -0.4 is 11.1 Å². The van der Waals surface area contributed by atoms with Crippen LogP contribution in [0.15, 0.2) is 34.5 Å². The highest BCUT2D eigenvalue weighted by atomic mass is 32.2. The van der Waals surface area contributed by atoms with Gasteiger partial charge in [-0.25, -0.2) is 9.78 Å². The van der Waals surface area contributed by atoms with Crippen molar-refractivity contribution in [1.29, 1.82) is 0 Å². The van der Waals surface area contributed by atoms with Crippen LogP contribution in [0, 0.1) is 5.92 Å². The Hall–Kier alpha value is -2.90. The minimum atomic E-state index is -1.55. The lowest BCUT2D eigenvalue weighted by Gasteiger charge is -2.49. The molecule has 0 aromatic carbocycles. The molecule has 0 bridgehead atoms. The molecule has 2 unspecified atom stereocenters. The van der Waals surface area contributed by atoms with E-state index in [1.807, 2.05) is 0 Å². The molecule has 3 rings (SSSR count). The number of carboxylic acids is 1. The molecular formula is C22H31N5O10S2. The average molecular weight is 590 g/mol. The Morgan fingerprint density at radius 1 is 1.31 bits per heavy atom. The molecule has 216 valence electrons. The smallest absolute Gasteiger partial charge is 0.352 e. The Morgan fingerprint density at radius 2 is 1.95 bits per heavy atom. The first-order valence-corrected chi connectivity index (χ1v) is 13.3. The number of allylic oxidation sites excluding steroid dienone is 1. The number of anilines is 1. The molecule has 0 radical (unpaired) electrons. The first-order valence-electron chi connectivity index (χ1n) is 11.4. The molecule has 0 saturated carbocycles. The van der Waals surface area contributed by atoms with E-state index < -0.39 is 60.0 Å². The number of aliphatic carboxylic acids is 1. The molecule has 6 atom stereocenters. The summed E-state index contributed by atoms with van der Waals surface area (Å²) in [4.78, 5) is 41.5. The highest BCUT2D eigenvalue weighted by Gasteiger charge is 2.53. The average Bonchev–Trinajstić information content (AvgIpc) is 3.35. The number of nitrogen functional groups attached to an aromatic ring is 1. The number of nitrogens with two attached hydrogens (primary N) is 1. The van der Waals surface area contributed by atoms with Crippen molar-refractivity contribution < 1.29 is 50.2 Å². The maximum absolute atomic E-state index is 12.5. The van der Waals surface area contributed by atoms with E-state index in [1.54, 1.807) is 7.05 Å². The summed E-state index contributed by atoms with van der Waals surface area (Å²) in [7, 11) is 1.57. The predicted molar refractivity (Wildman–Crippen MR) is 141 cm³/mol. The summed E-state index contributed by atoms with van der Waals surface area (Å²) in [6.45, 7) is 3.01. The van der Waals surface area contributed by atoms with Gasteiger partial charge in [-0.05, 0) is 12.6 Å². The summed E-state index contributed by atoms with van der Waals surface area (Å²) in [5.41, 5.74) is 5.75. The van der Waals surface area contributed by atoms with Gasteiger partial charge < -0.3 is 46.9 Å². The fourth-order valence-electron chi connectivity index (χ4n) is 3.77. The van der Waals surface area contributed by atoms with Gasteiger partial charge in [0.05, 0.1) is 24.0 Å². The first kappa shape index (κ1) is 32.3. The predicted octanol–water partition coefficient (Wildman–Crippen LogP) is -2.44. The van der Waals surface area contributed by atoms with Gasteiger partial charge in [0, 0.05) is 24.1 Å². The second kappa shape index (κ2) is 14.5. The zero-order chi connectivity index (χ0) is 29.4. The molecular weight excluding hydrogens is 558 g/mol. The fourth-order valence-corrected chi connectivity index (χ4v) is 5.73. The molecule has 2 aliphatic heterocycles. The summed E-state index contributed by atoms with van der Waals surface area (Å²) >= 11 is 2.46. The maximum Gasteiger partial charge on any atom is 0.352 e. The standard InChI is InChI=1S/C15H14N4O5S2.C7H17NO5/c1-2-6-4-25-13-7(12(21)19(13)11(6)14(22)23)3-9(20)10(18-24)8-5-26-15(16)17-8;1-8-2-4(10)6(12)7(13)5(11)3-9/h2,5,7,13,24H,1,3-4H2,(H2,16,17)(H,22,23);4-13H,2-3H2,1H3/b18-10-;/t;4-,5+,6+,7+/m.0/s1. The molecule has 0 spiro atoms. The lowest BCUT2D eigenvalue weighted by atomic mass is 9.89. The first-order chi connectivity index (χ1) is 18.4. The molecule has 15 nitrogen and oxygen atoms in total. The van der Waals surface area contributed by atoms with Crippen molar-refractivity contribution in [1.82, 2.24) is 15.2 Å². The van der Waals surface area contributed by atoms with E-state index >= 15 is 0 Å². The fraction of sp³-hybridized carbons (Fsp3) is 0.500. The van der Waals surface area contributed by atoms with Crippen LogP contribution in [-0.4, -0.2) is 125 Å². The summed E-state index contributed by atoms with van der Waals surface area (Å²) in [5.74, 6) is -2.54. The SMILES string of the molecule is C=CC1=C(C(=O)O)N2C(=O)C(CC(=O)/C(=N\O)c3csc(N)n3)C2SC1.CNC[C@H](O)[C@@H](O)[C@H](O)[C@H](O)CO. The highest BCUT2D eigenvalue weighted by molar-refractivity contribution is 8.00. The van der Waals surface area contributed by atoms with Crippen molar-refractivity contribution in [2.75, 3.05) is 31.7 Å². The molecule has 17 heteroatoms. The van der Waals surface area contributed by atoms with Gasteiger partial charge in [0.25, 0.3) is 0 Å². The number of likely N-dealkylation sites (N-methyl/N-ethyl adjacent to an activating group) is 1. The number of nitrogens with zero attached hydrogens (tertiary/aromatic N) is 3. The quantitative estimate of drug-likeness (QED) is 0.0531. The number of fused-ring (bicyclic) bond motifs is 1. The van der Waals surface area contributed by atoms with Crippen LogP contribution in [0.3, 0.4) is 0 Å². The van der Waals surface area contributed by atoms with Crippen LogP contribution in [-0.2, 0) is 14.4 Å². The number of hydrogen-bond donors (Lipinski definition) is 9. The Morgan fingerprint density at radius 3 is 2.44 bits per heavy atom. The largest absolute Gasteiger partial charge is 0.477 e. The Bertz CT molecular complexity index is 1130. The topological polar surface area (TPSA) is 259 Å². The van der Waals surface area contributed by atoms with Crippen LogP contribution >= 0.6 is 23.1 Å². The number of β-lactam (4-membered cyclic amide) rings is 1. The molecule has 39 heavy (non-hydrogen) atoms. The van der Waals surface area contributed by atoms with Gasteiger partial charge in [-0.2, -0.15) is 0 Å². The van der Waals surface area contributed by atoms with E-state index in [1.165, 1.54) is 28.1 Å². The third-order valence-corrected chi connectivity index (χ3v) is 7.86.